The van der Waals surface area contributed by atoms with Gasteiger partial charge in [-0.25, -0.2) is 14.3 Å². The Kier molecular flexibility index (Phi) is 4.52. The smallest absolute Gasteiger partial charge is 0.466 e. The molecule has 23 heavy (non-hydrogen) atoms. The van der Waals surface area contributed by atoms with Crippen molar-refractivity contribution in [3.63, 3.8) is 0 Å². The average molecular weight is 320 g/mol. The first kappa shape index (κ1) is 16.3. The minimum atomic E-state index is -0.715. The van der Waals surface area contributed by atoms with Crippen LogP contribution >= 0.6 is 0 Å². The number of esters is 2. The van der Waals surface area contributed by atoms with E-state index in [1.807, 2.05) is 19.9 Å². The SMILES string of the molecule is COC(=O)C=C(NC1=NC2=[N+]=C(C)C=C(C)N2N1C)C(=O)OC. The fourth-order valence-corrected chi connectivity index (χ4v) is 2.13. The summed E-state index contributed by atoms with van der Waals surface area (Å²) in [6, 6.07) is 0. The summed E-state index contributed by atoms with van der Waals surface area (Å²) in [5.41, 5.74) is 1.66. The van der Waals surface area contributed by atoms with E-state index in [0.717, 1.165) is 17.5 Å². The second kappa shape index (κ2) is 6.37. The van der Waals surface area contributed by atoms with Gasteiger partial charge in [0, 0.05) is 20.0 Å². The number of nitrogens with zero attached hydrogens (tertiary/aromatic N) is 4. The summed E-state index contributed by atoms with van der Waals surface area (Å²) in [7, 11) is 4.18. The van der Waals surface area contributed by atoms with Crippen molar-refractivity contribution in [1.29, 1.82) is 0 Å². The highest BCUT2D eigenvalue weighted by Crippen LogP contribution is 2.16. The second-order valence-electron chi connectivity index (χ2n) is 4.81. The zero-order valence-corrected chi connectivity index (χ0v) is 13.6. The minimum Gasteiger partial charge on any atom is -0.466 e. The lowest BCUT2D eigenvalue weighted by molar-refractivity contribution is -0.138. The summed E-state index contributed by atoms with van der Waals surface area (Å²) in [6.45, 7) is 3.78. The molecule has 0 aliphatic carbocycles. The number of hydrogen-bond acceptors (Lipinski definition) is 8. The number of carbonyl (C=O) groups excluding carboxylic acids is 2. The molecule has 0 saturated carbocycles. The first-order valence-corrected chi connectivity index (χ1v) is 6.75. The van der Waals surface area contributed by atoms with Crippen molar-refractivity contribution in [2.24, 2.45) is 4.99 Å². The van der Waals surface area contributed by atoms with Crippen molar-refractivity contribution in [3.8, 4) is 0 Å². The van der Waals surface area contributed by atoms with Gasteiger partial charge in [-0.1, -0.05) is 0 Å². The summed E-state index contributed by atoms with van der Waals surface area (Å²) < 4.78 is 13.5. The predicted molar refractivity (Wildman–Crippen MR) is 83.9 cm³/mol. The molecule has 0 aromatic rings. The predicted octanol–water partition coefficient (Wildman–Crippen LogP) is -0.874. The molecule has 2 aliphatic rings. The van der Waals surface area contributed by atoms with E-state index < -0.39 is 11.9 Å². The van der Waals surface area contributed by atoms with Crippen LogP contribution in [0.2, 0.25) is 0 Å². The van der Waals surface area contributed by atoms with Gasteiger partial charge in [0.05, 0.1) is 20.3 Å². The molecule has 2 heterocycles. The molecule has 2 aliphatic heterocycles. The van der Waals surface area contributed by atoms with Gasteiger partial charge in [0.1, 0.15) is 11.4 Å². The molecule has 0 radical (unpaired) electrons. The molecule has 0 fully saturated rings. The molecular formula is C14H18N5O4+. The number of methoxy groups -OCH3 is 2. The number of aliphatic imine (C=N–C) groups is 1. The average Bonchev–Trinajstić information content (AvgIpc) is 2.81. The van der Waals surface area contributed by atoms with Crippen LogP contribution in [0, 0.1) is 0 Å². The number of allylic oxidation sites excluding steroid dienone is 2. The fraction of sp³-hybridized carbons (Fsp3) is 0.357. The lowest BCUT2D eigenvalue weighted by Crippen LogP contribution is -2.46. The van der Waals surface area contributed by atoms with E-state index in [2.05, 4.69) is 24.5 Å². The van der Waals surface area contributed by atoms with Gasteiger partial charge < -0.3 is 14.8 Å². The molecule has 0 atom stereocenters. The van der Waals surface area contributed by atoms with Gasteiger partial charge in [-0.15, -0.1) is 5.01 Å². The fourth-order valence-electron chi connectivity index (χ4n) is 2.13. The van der Waals surface area contributed by atoms with Crippen molar-refractivity contribution in [1.82, 2.24) is 20.0 Å². The van der Waals surface area contributed by atoms with E-state index in [0.29, 0.717) is 11.9 Å². The molecule has 9 nitrogen and oxygen atoms in total. The molecule has 1 N–H and O–H groups in total. The highest BCUT2D eigenvalue weighted by molar-refractivity contribution is 6.08. The summed E-state index contributed by atoms with van der Waals surface area (Å²) in [5.74, 6) is -0.607. The Balaban J connectivity index is 2.32. The van der Waals surface area contributed by atoms with Gasteiger partial charge >= 0.3 is 23.9 Å². The molecule has 0 unspecified atom stereocenters. The highest BCUT2D eigenvalue weighted by atomic mass is 16.5. The van der Waals surface area contributed by atoms with E-state index in [1.54, 1.807) is 17.1 Å². The van der Waals surface area contributed by atoms with Gasteiger partial charge in [-0.3, -0.25) is 0 Å². The van der Waals surface area contributed by atoms with Crippen molar-refractivity contribution in [2.45, 2.75) is 13.8 Å². The first-order chi connectivity index (χ1) is 10.9. The maximum Gasteiger partial charge on any atom is 0.513 e. The number of fused-ring (bicyclic) bond motifs is 1. The number of hydrazine groups is 1. The zero-order valence-electron chi connectivity index (χ0n) is 13.6. The molecule has 0 amide bonds. The number of rotatable bonds is 3. The maximum absolute atomic E-state index is 11.8. The summed E-state index contributed by atoms with van der Waals surface area (Å²) in [4.78, 5) is 27.5. The first-order valence-electron chi connectivity index (χ1n) is 6.75. The van der Waals surface area contributed by atoms with Gasteiger partial charge in [0.15, 0.2) is 5.71 Å². The van der Waals surface area contributed by atoms with Crippen molar-refractivity contribution in [3.05, 3.63) is 23.5 Å². The van der Waals surface area contributed by atoms with Crippen LogP contribution in [0.1, 0.15) is 13.8 Å². The van der Waals surface area contributed by atoms with Crippen LogP contribution in [-0.4, -0.2) is 60.9 Å². The van der Waals surface area contributed by atoms with Crippen LogP contribution in [0.5, 0.6) is 0 Å². The molecule has 122 valence electrons. The third-order valence-electron chi connectivity index (χ3n) is 3.15. The summed E-state index contributed by atoms with van der Waals surface area (Å²) in [5, 5.41) is 6.21. The van der Waals surface area contributed by atoms with Crippen LogP contribution in [-0.2, 0) is 19.1 Å². The van der Waals surface area contributed by atoms with Gasteiger partial charge in [0.2, 0.25) is 0 Å². The van der Waals surface area contributed by atoms with E-state index >= 15 is 0 Å². The maximum atomic E-state index is 11.8. The number of carbonyl (C=O) groups is 2. The minimum absolute atomic E-state index is 0.0901. The number of guanidine groups is 2. The van der Waals surface area contributed by atoms with E-state index in [4.69, 9.17) is 0 Å². The van der Waals surface area contributed by atoms with E-state index in [-0.39, 0.29) is 5.70 Å². The molecule has 0 bridgehead atoms. The molecular weight excluding hydrogens is 302 g/mol. The van der Waals surface area contributed by atoms with Crippen molar-refractivity contribution in [2.75, 3.05) is 21.3 Å². The Morgan fingerprint density at radius 3 is 2.61 bits per heavy atom. The Morgan fingerprint density at radius 2 is 2.00 bits per heavy atom. The standard InChI is InChI=1S/C14H17N5O4/c1-8-6-9(2)19-14(15-8)17-13(18(19)3)16-10(12(21)23-5)7-11(20)22-4/h6-7H,1-5H3/p+1. The monoisotopic (exact) mass is 320 g/mol. The quantitative estimate of drug-likeness (QED) is 0.410. The van der Waals surface area contributed by atoms with Crippen molar-refractivity contribution >= 4 is 29.6 Å². The molecule has 0 saturated heterocycles. The number of hydrogen-bond donors (Lipinski definition) is 1. The number of ether oxygens (including phenoxy) is 2. The Bertz CT molecular complexity index is 713. The van der Waals surface area contributed by atoms with E-state index in [1.165, 1.54) is 14.2 Å². The third kappa shape index (κ3) is 3.24. The van der Waals surface area contributed by atoms with Crippen LogP contribution in [0.3, 0.4) is 0 Å². The molecule has 9 heteroatoms. The zero-order chi connectivity index (χ0) is 17.1. The Labute approximate surface area is 133 Å². The molecule has 0 aromatic heterocycles. The van der Waals surface area contributed by atoms with Crippen LogP contribution in [0.15, 0.2) is 28.5 Å². The summed E-state index contributed by atoms with van der Waals surface area (Å²) in [6.07, 6.45) is 2.91. The normalized spacial score (nSPS) is 16.8. The van der Waals surface area contributed by atoms with E-state index in [9.17, 15) is 9.59 Å². The van der Waals surface area contributed by atoms with Crippen LogP contribution in [0.25, 0.3) is 0 Å². The van der Waals surface area contributed by atoms with Crippen molar-refractivity contribution < 1.29 is 19.1 Å². The Morgan fingerprint density at radius 1 is 1.30 bits per heavy atom. The topological polar surface area (TPSA) is 97.6 Å². The van der Waals surface area contributed by atoms with Gasteiger partial charge in [-0.2, -0.15) is 5.01 Å². The second-order valence-corrected chi connectivity index (χ2v) is 4.81. The molecule has 0 spiro atoms. The lowest BCUT2D eigenvalue weighted by Gasteiger charge is -2.21. The molecule has 2 rings (SSSR count). The highest BCUT2D eigenvalue weighted by Gasteiger charge is 2.41. The Hall–Kier alpha value is -3.06. The van der Waals surface area contributed by atoms with Crippen LogP contribution < -0.4 is 9.98 Å². The van der Waals surface area contributed by atoms with Gasteiger partial charge in [-0.05, 0) is 11.9 Å². The molecule has 0 aromatic carbocycles. The largest absolute Gasteiger partial charge is 0.513 e. The van der Waals surface area contributed by atoms with Crippen LogP contribution in [0.4, 0.5) is 0 Å². The van der Waals surface area contributed by atoms with Gasteiger partial charge in [0.25, 0.3) is 0 Å². The third-order valence-corrected chi connectivity index (χ3v) is 3.15. The lowest BCUT2D eigenvalue weighted by atomic mass is 10.3. The summed E-state index contributed by atoms with van der Waals surface area (Å²) >= 11 is 0. The number of nitrogens with one attached hydrogen (secondary N) is 1.